The van der Waals surface area contributed by atoms with Gasteiger partial charge in [0.15, 0.2) is 0 Å². The van der Waals surface area contributed by atoms with Crippen molar-refractivity contribution in [2.24, 2.45) is 0 Å². The first-order chi connectivity index (χ1) is 8.01. The Morgan fingerprint density at radius 1 is 1.29 bits per heavy atom. The predicted molar refractivity (Wildman–Crippen MR) is 71.2 cm³/mol. The van der Waals surface area contributed by atoms with Gasteiger partial charge >= 0.3 is 0 Å². The highest BCUT2D eigenvalue weighted by Crippen LogP contribution is 2.09. The minimum Gasteiger partial charge on any atom is -0.478 e. The number of nitrogens with one attached hydrogen (secondary N) is 1. The van der Waals surface area contributed by atoms with E-state index in [2.05, 4.69) is 44.1 Å². The predicted octanol–water partition coefficient (Wildman–Crippen LogP) is 3.15. The summed E-state index contributed by atoms with van der Waals surface area (Å²) in [5.74, 6) is 0.720. The van der Waals surface area contributed by atoms with Gasteiger partial charge in [-0.05, 0) is 32.8 Å². The van der Waals surface area contributed by atoms with Gasteiger partial charge in [-0.2, -0.15) is 0 Å². The van der Waals surface area contributed by atoms with Gasteiger partial charge in [-0.3, -0.25) is 0 Å². The van der Waals surface area contributed by atoms with Crippen molar-refractivity contribution in [3.8, 4) is 5.88 Å². The van der Waals surface area contributed by atoms with E-state index in [1.54, 1.807) is 0 Å². The van der Waals surface area contributed by atoms with Gasteiger partial charge in [0.2, 0.25) is 5.88 Å². The molecule has 0 saturated heterocycles. The molecule has 0 spiro atoms. The van der Waals surface area contributed by atoms with Gasteiger partial charge < -0.3 is 10.1 Å². The number of rotatable bonds is 6. The van der Waals surface area contributed by atoms with Gasteiger partial charge in [-0.1, -0.05) is 19.4 Å². The maximum absolute atomic E-state index is 5.52. The molecule has 0 amide bonds. The average molecular weight is 236 g/mol. The summed E-state index contributed by atoms with van der Waals surface area (Å²) in [6.45, 7) is 10.2. The van der Waals surface area contributed by atoms with E-state index in [0.29, 0.717) is 0 Å². The lowest BCUT2D eigenvalue weighted by atomic mass is 10.1. The first kappa shape index (κ1) is 14.0. The van der Waals surface area contributed by atoms with Crippen LogP contribution >= 0.6 is 0 Å². The Morgan fingerprint density at radius 3 is 2.59 bits per heavy atom. The van der Waals surface area contributed by atoms with E-state index in [-0.39, 0.29) is 5.54 Å². The van der Waals surface area contributed by atoms with Gasteiger partial charge in [0, 0.05) is 24.3 Å². The van der Waals surface area contributed by atoms with E-state index in [0.717, 1.165) is 31.9 Å². The fraction of sp³-hybridized carbons (Fsp3) is 0.643. The zero-order valence-corrected chi connectivity index (χ0v) is 11.4. The van der Waals surface area contributed by atoms with Crippen LogP contribution in [0.15, 0.2) is 18.3 Å². The number of hydrogen-bond acceptors (Lipinski definition) is 3. The van der Waals surface area contributed by atoms with Crippen molar-refractivity contribution in [2.45, 2.75) is 52.6 Å². The average Bonchev–Trinajstić information content (AvgIpc) is 2.27. The monoisotopic (exact) mass is 236 g/mol. The van der Waals surface area contributed by atoms with Crippen LogP contribution in [0.4, 0.5) is 0 Å². The van der Waals surface area contributed by atoms with Gasteiger partial charge in [-0.15, -0.1) is 0 Å². The second-order valence-electron chi connectivity index (χ2n) is 5.31. The van der Waals surface area contributed by atoms with E-state index in [1.165, 1.54) is 5.56 Å². The Hall–Kier alpha value is -1.09. The molecule has 0 aliphatic carbocycles. The van der Waals surface area contributed by atoms with Crippen LogP contribution in [0.3, 0.4) is 0 Å². The van der Waals surface area contributed by atoms with Gasteiger partial charge in [0.1, 0.15) is 0 Å². The smallest absolute Gasteiger partial charge is 0.213 e. The van der Waals surface area contributed by atoms with Crippen molar-refractivity contribution in [1.82, 2.24) is 10.3 Å². The molecule has 0 radical (unpaired) electrons. The third kappa shape index (κ3) is 6.27. The number of aromatic nitrogens is 1. The lowest BCUT2D eigenvalue weighted by Gasteiger charge is -2.20. The Bertz CT molecular complexity index is 314. The second-order valence-corrected chi connectivity index (χ2v) is 5.31. The quantitative estimate of drug-likeness (QED) is 0.770. The molecule has 3 heteroatoms. The summed E-state index contributed by atoms with van der Waals surface area (Å²) in [5.41, 5.74) is 1.32. The highest BCUT2D eigenvalue weighted by atomic mass is 16.5. The summed E-state index contributed by atoms with van der Waals surface area (Å²) in [7, 11) is 0. The third-order valence-electron chi connectivity index (χ3n) is 2.37. The molecule has 17 heavy (non-hydrogen) atoms. The molecule has 1 N–H and O–H groups in total. The molecule has 0 atom stereocenters. The Kier molecular flexibility index (Phi) is 5.42. The minimum absolute atomic E-state index is 0.135. The van der Waals surface area contributed by atoms with Gasteiger partial charge in [0.05, 0.1) is 6.61 Å². The van der Waals surface area contributed by atoms with Crippen molar-refractivity contribution >= 4 is 0 Å². The molecule has 1 aromatic rings. The fourth-order valence-electron chi connectivity index (χ4n) is 1.29. The number of hydrogen-bond donors (Lipinski definition) is 1. The highest BCUT2D eigenvalue weighted by molar-refractivity contribution is 5.17. The summed E-state index contributed by atoms with van der Waals surface area (Å²) in [5, 5.41) is 3.43. The van der Waals surface area contributed by atoms with Crippen LogP contribution < -0.4 is 10.1 Å². The molecule has 0 unspecified atom stereocenters. The molecule has 1 heterocycles. The summed E-state index contributed by atoms with van der Waals surface area (Å²) in [4.78, 5) is 4.29. The number of ether oxygens (including phenoxy) is 1. The van der Waals surface area contributed by atoms with Crippen molar-refractivity contribution in [2.75, 3.05) is 6.61 Å². The van der Waals surface area contributed by atoms with E-state index in [4.69, 9.17) is 4.74 Å². The summed E-state index contributed by atoms with van der Waals surface area (Å²) >= 11 is 0. The van der Waals surface area contributed by atoms with Gasteiger partial charge in [-0.25, -0.2) is 4.98 Å². The molecule has 0 fully saturated rings. The number of unbranched alkanes of at least 4 members (excludes halogenated alkanes) is 1. The largest absolute Gasteiger partial charge is 0.478 e. The first-order valence-corrected chi connectivity index (χ1v) is 6.34. The van der Waals surface area contributed by atoms with E-state index in [9.17, 15) is 0 Å². The third-order valence-corrected chi connectivity index (χ3v) is 2.37. The second kappa shape index (κ2) is 6.60. The molecular weight excluding hydrogens is 212 g/mol. The molecule has 0 aliphatic heterocycles. The van der Waals surface area contributed by atoms with Crippen LogP contribution in [0.2, 0.25) is 0 Å². The Morgan fingerprint density at radius 2 is 2.06 bits per heavy atom. The Balaban J connectivity index is 2.39. The SMILES string of the molecule is CCCCOc1ccc(CNC(C)(C)C)cn1. The molecule has 0 bridgehead atoms. The lowest BCUT2D eigenvalue weighted by molar-refractivity contribution is 0.297. The normalized spacial score (nSPS) is 11.5. The molecule has 3 nitrogen and oxygen atoms in total. The van der Waals surface area contributed by atoms with Crippen LogP contribution in [-0.4, -0.2) is 17.1 Å². The molecule has 96 valence electrons. The summed E-state index contributed by atoms with van der Waals surface area (Å²) in [6.07, 6.45) is 4.10. The highest BCUT2D eigenvalue weighted by Gasteiger charge is 2.08. The van der Waals surface area contributed by atoms with Crippen LogP contribution in [-0.2, 0) is 6.54 Å². The van der Waals surface area contributed by atoms with Crippen LogP contribution in [0, 0.1) is 0 Å². The van der Waals surface area contributed by atoms with E-state index < -0.39 is 0 Å². The molecule has 1 aromatic heterocycles. The van der Waals surface area contributed by atoms with Gasteiger partial charge in [0.25, 0.3) is 0 Å². The standard InChI is InChI=1S/C14H24N2O/c1-5-6-9-17-13-8-7-12(10-15-13)11-16-14(2,3)4/h7-8,10,16H,5-6,9,11H2,1-4H3. The summed E-state index contributed by atoms with van der Waals surface area (Å²) in [6, 6.07) is 4.00. The van der Waals surface area contributed by atoms with Crippen LogP contribution in [0.5, 0.6) is 5.88 Å². The zero-order valence-electron chi connectivity index (χ0n) is 11.4. The van der Waals surface area contributed by atoms with Crippen molar-refractivity contribution in [3.63, 3.8) is 0 Å². The number of nitrogens with zero attached hydrogens (tertiary/aromatic N) is 1. The van der Waals surface area contributed by atoms with Crippen molar-refractivity contribution in [1.29, 1.82) is 0 Å². The molecule has 0 aliphatic rings. The molecular formula is C14H24N2O. The first-order valence-electron chi connectivity index (χ1n) is 6.34. The molecule has 1 rings (SSSR count). The summed E-state index contributed by atoms with van der Waals surface area (Å²) < 4.78 is 5.52. The minimum atomic E-state index is 0.135. The Labute approximate surface area is 105 Å². The van der Waals surface area contributed by atoms with Crippen molar-refractivity contribution in [3.05, 3.63) is 23.9 Å². The van der Waals surface area contributed by atoms with Crippen LogP contribution in [0.1, 0.15) is 46.1 Å². The maximum atomic E-state index is 5.52. The molecule has 0 saturated carbocycles. The topological polar surface area (TPSA) is 34.1 Å². The van der Waals surface area contributed by atoms with E-state index >= 15 is 0 Å². The lowest BCUT2D eigenvalue weighted by Crippen LogP contribution is -2.35. The number of pyridine rings is 1. The molecule has 0 aromatic carbocycles. The maximum Gasteiger partial charge on any atom is 0.213 e. The van der Waals surface area contributed by atoms with Crippen LogP contribution in [0.25, 0.3) is 0 Å². The van der Waals surface area contributed by atoms with E-state index in [1.807, 2.05) is 12.3 Å². The zero-order chi connectivity index (χ0) is 12.7. The van der Waals surface area contributed by atoms with Crippen molar-refractivity contribution < 1.29 is 4.74 Å². The fourth-order valence-corrected chi connectivity index (χ4v) is 1.29.